The van der Waals surface area contributed by atoms with E-state index in [2.05, 4.69) is 17.0 Å². The zero-order valence-electron chi connectivity index (χ0n) is 18.1. The number of amides is 1. The van der Waals surface area contributed by atoms with Gasteiger partial charge in [-0.25, -0.2) is 8.42 Å². The van der Waals surface area contributed by atoms with E-state index in [1.165, 1.54) is 11.6 Å². The standard InChI is InChI=1S/C25H28N2O3S/c1-4-5-6-20-10-15-22(16-11-20)26-25(28)21-12-9-19(3)24(17-21)31(29,30)27-23-13-7-18(2)8-14-23/h7-17,27H,4-6H2,1-3H3,(H,26,28). The van der Waals surface area contributed by atoms with Gasteiger partial charge in [0.25, 0.3) is 15.9 Å². The van der Waals surface area contributed by atoms with Crippen LogP contribution in [0.3, 0.4) is 0 Å². The van der Waals surface area contributed by atoms with Crippen LogP contribution in [0.15, 0.2) is 71.6 Å². The average molecular weight is 437 g/mol. The predicted molar refractivity (Wildman–Crippen MR) is 126 cm³/mol. The van der Waals surface area contributed by atoms with Crippen LogP contribution in [0.2, 0.25) is 0 Å². The third-order valence-corrected chi connectivity index (χ3v) is 6.60. The Labute approximate surface area is 184 Å². The highest BCUT2D eigenvalue weighted by Crippen LogP contribution is 2.22. The SMILES string of the molecule is CCCCc1ccc(NC(=O)c2ccc(C)c(S(=O)(=O)Nc3ccc(C)cc3)c2)cc1. The zero-order valence-corrected chi connectivity index (χ0v) is 18.9. The number of unbranched alkanes of at least 4 members (excludes halogenated alkanes) is 1. The summed E-state index contributed by atoms with van der Waals surface area (Å²) in [6, 6.07) is 19.5. The van der Waals surface area contributed by atoms with Crippen LogP contribution in [0.5, 0.6) is 0 Å². The Bertz CT molecular complexity index is 1150. The van der Waals surface area contributed by atoms with Gasteiger partial charge in [-0.1, -0.05) is 49.2 Å². The van der Waals surface area contributed by atoms with Crippen molar-refractivity contribution in [2.24, 2.45) is 0 Å². The molecule has 0 aliphatic rings. The van der Waals surface area contributed by atoms with Gasteiger partial charge in [-0.3, -0.25) is 9.52 Å². The van der Waals surface area contributed by atoms with Crippen LogP contribution in [0, 0.1) is 13.8 Å². The topological polar surface area (TPSA) is 75.3 Å². The Morgan fingerprint density at radius 3 is 2.16 bits per heavy atom. The number of carbonyl (C=O) groups excluding carboxylic acids is 1. The summed E-state index contributed by atoms with van der Waals surface area (Å²) in [7, 11) is -3.83. The summed E-state index contributed by atoms with van der Waals surface area (Å²) in [6.07, 6.45) is 3.27. The van der Waals surface area contributed by atoms with E-state index < -0.39 is 10.0 Å². The lowest BCUT2D eigenvalue weighted by molar-refractivity contribution is 0.102. The molecule has 0 fully saturated rings. The van der Waals surface area contributed by atoms with Gasteiger partial charge in [-0.2, -0.15) is 0 Å². The Morgan fingerprint density at radius 1 is 0.871 bits per heavy atom. The van der Waals surface area contributed by atoms with Gasteiger partial charge in [0.1, 0.15) is 0 Å². The van der Waals surface area contributed by atoms with Gasteiger partial charge in [-0.15, -0.1) is 0 Å². The van der Waals surface area contributed by atoms with Crippen molar-refractivity contribution >= 4 is 27.3 Å². The van der Waals surface area contributed by atoms with Gasteiger partial charge >= 0.3 is 0 Å². The van der Waals surface area contributed by atoms with Gasteiger partial charge in [0.05, 0.1) is 4.90 Å². The number of sulfonamides is 1. The number of benzene rings is 3. The fourth-order valence-electron chi connectivity index (χ4n) is 3.20. The molecule has 3 aromatic rings. The van der Waals surface area contributed by atoms with Crippen molar-refractivity contribution in [3.05, 3.63) is 89.0 Å². The van der Waals surface area contributed by atoms with Gasteiger partial charge < -0.3 is 5.32 Å². The summed E-state index contributed by atoms with van der Waals surface area (Å²) in [5.41, 5.74) is 4.26. The first-order valence-electron chi connectivity index (χ1n) is 10.4. The second-order valence-electron chi connectivity index (χ2n) is 7.71. The van der Waals surface area contributed by atoms with E-state index in [9.17, 15) is 13.2 Å². The van der Waals surface area contributed by atoms with Gasteiger partial charge in [0.2, 0.25) is 0 Å². The largest absolute Gasteiger partial charge is 0.322 e. The van der Waals surface area contributed by atoms with Crippen LogP contribution in [0.25, 0.3) is 0 Å². The van der Waals surface area contributed by atoms with Gasteiger partial charge in [0, 0.05) is 16.9 Å². The van der Waals surface area contributed by atoms with Crippen molar-refractivity contribution in [2.45, 2.75) is 44.9 Å². The Morgan fingerprint density at radius 2 is 1.52 bits per heavy atom. The molecule has 0 atom stereocenters. The molecule has 0 aliphatic heterocycles. The molecule has 3 rings (SSSR count). The van der Waals surface area contributed by atoms with Crippen LogP contribution in [-0.4, -0.2) is 14.3 Å². The van der Waals surface area contributed by atoms with Crippen molar-refractivity contribution in [3.8, 4) is 0 Å². The third kappa shape index (κ3) is 5.95. The molecule has 0 saturated heterocycles. The first kappa shape index (κ1) is 22.6. The highest BCUT2D eigenvalue weighted by Gasteiger charge is 2.19. The molecule has 162 valence electrons. The first-order valence-corrected chi connectivity index (χ1v) is 11.9. The molecular formula is C25H28N2O3S. The molecule has 0 radical (unpaired) electrons. The maximum atomic E-state index is 12.9. The lowest BCUT2D eigenvalue weighted by atomic mass is 10.1. The normalized spacial score (nSPS) is 11.2. The van der Waals surface area contributed by atoms with Crippen LogP contribution >= 0.6 is 0 Å². The summed E-state index contributed by atoms with van der Waals surface area (Å²) in [5.74, 6) is -0.354. The van der Waals surface area contributed by atoms with Crippen molar-refractivity contribution in [2.75, 3.05) is 10.0 Å². The molecule has 3 aromatic carbocycles. The molecule has 6 heteroatoms. The van der Waals surface area contributed by atoms with E-state index >= 15 is 0 Å². The number of carbonyl (C=O) groups is 1. The molecule has 0 bridgehead atoms. The molecule has 5 nitrogen and oxygen atoms in total. The van der Waals surface area contributed by atoms with Crippen LogP contribution < -0.4 is 10.0 Å². The summed E-state index contributed by atoms with van der Waals surface area (Å²) in [5, 5.41) is 2.84. The molecule has 1 amide bonds. The number of rotatable bonds is 8. The molecule has 0 heterocycles. The highest BCUT2D eigenvalue weighted by atomic mass is 32.2. The Balaban J connectivity index is 1.78. The van der Waals surface area contributed by atoms with Crippen molar-refractivity contribution in [3.63, 3.8) is 0 Å². The fraction of sp³-hybridized carbons (Fsp3) is 0.240. The monoisotopic (exact) mass is 436 g/mol. The molecule has 0 aromatic heterocycles. The first-order chi connectivity index (χ1) is 14.8. The predicted octanol–water partition coefficient (Wildman–Crippen LogP) is 5.70. The summed E-state index contributed by atoms with van der Waals surface area (Å²) < 4.78 is 28.4. The van der Waals surface area contributed by atoms with Crippen molar-refractivity contribution < 1.29 is 13.2 Å². The number of nitrogens with one attached hydrogen (secondary N) is 2. The van der Waals surface area contributed by atoms with Gasteiger partial charge in [-0.05, 0) is 74.2 Å². The molecule has 0 saturated carbocycles. The Kier molecular flexibility index (Phi) is 7.13. The third-order valence-electron chi connectivity index (χ3n) is 5.07. The maximum Gasteiger partial charge on any atom is 0.262 e. The fourth-order valence-corrected chi connectivity index (χ4v) is 4.53. The van der Waals surface area contributed by atoms with Crippen LogP contribution in [-0.2, 0) is 16.4 Å². The molecule has 0 unspecified atom stereocenters. The minimum absolute atomic E-state index is 0.0793. The molecule has 31 heavy (non-hydrogen) atoms. The van der Waals surface area contributed by atoms with Crippen molar-refractivity contribution in [1.29, 1.82) is 0 Å². The van der Waals surface area contributed by atoms with Crippen LogP contribution in [0.1, 0.15) is 46.8 Å². The van der Waals surface area contributed by atoms with E-state index in [1.54, 1.807) is 31.2 Å². The molecule has 0 spiro atoms. The number of anilines is 2. The summed E-state index contributed by atoms with van der Waals surface area (Å²) in [6.45, 7) is 5.80. The maximum absolute atomic E-state index is 12.9. The number of aryl methyl sites for hydroxylation is 3. The summed E-state index contributed by atoms with van der Waals surface area (Å²) >= 11 is 0. The van der Waals surface area contributed by atoms with E-state index in [0.29, 0.717) is 16.9 Å². The second-order valence-corrected chi connectivity index (χ2v) is 9.36. The minimum Gasteiger partial charge on any atom is -0.322 e. The van der Waals surface area contributed by atoms with E-state index in [4.69, 9.17) is 0 Å². The minimum atomic E-state index is -3.83. The van der Waals surface area contributed by atoms with E-state index in [0.717, 1.165) is 24.8 Å². The van der Waals surface area contributed by atoms with Crippen LogP contribution in [0.4, 0.5) is 11.4 Å². The highest BCUT2D eigenvalue weighted by molar-refractivity contribution is 7.92. The van der Waals surface area contributed by atoms with E-state index in [-0.39, 0.29) is 16.4 Å². The molecule has 0 aliphatic carbocycles. The lowest BCUT2D eigenvalue weighted by Crippen LogP contribution is -2.17. The van der Waals surface area contributed by atoms with E-state index in [1.807, 2.05) is 43.3 Å². The lowest BCUT2D eigenvalue weighted by Gasteiger charge is -2.13. The van der Waals surface area contributed by atoms with Gasteiger partial charge in [0.15, 0.2) is 0 Å². The smallest absolute Gasteiger partial charge is 0.262 e. The quantitative estimate of drug-likeness (QED) is 0.476. The zero-order chi connectivity index (χ0) is 22.4. The van der Waals surface area contributed by atoms with Crippen molar-refractivity contribution in [1.82, 2.24) is 0 Å². The molecule has 2 N–H and O–H groups in total. The second kappa shape index (κ2) is 9.79. The summed E-state index contributed by atoms with van der Waals surface area (Å²) in [4.78, 5) is 12.8. The Hall–Kier alpha value is -3.12. The number of hydrogen-bond acceptors (Lipinski definition) is 3. The molecular weight excluding hydrogens is 408 g/mol. The number of hydrogen-bond donors (Lipinski definition) is 2. The average Bonchev–Trinajstić information content (AvgIpc) is 2.75.